The van der Waals surface area contributed by atoms with E-state index in [0.29, 0.717) is 18.6 Å². The third-order valence-corrected chi connectivity index (χ3v) is 6.26. The number of aryl methyl sites for hydroxylation is 1. The van der Waals surface area contributed by atoms with Crippen LogP contribution in [0.2, 0.25) is 0 Å². The number of halogens is 1. The molecule has 4 rings (SSSR count). The molecular weight excluding hydrogens is 507 g/mol. The van der Waals surface area contributed by atoms with E-state index in [4.69, 9.17) is 14.5 Å². The van der Waals surface area contributed by atoms with Crippen LogP contribution in [-0.2, 0) is 18.3 Å². The maximum atomic E-state index is 5.82. The SMILES string of the molecule is COCCC1(CNC(=NCc2nnc(C)n2C)NC2CCOc3ccccc32)CC1.I. The van der Waals surface area contributed by atoms with Crippen molar-refractivity contribution >= 4 is 29.9 Å². The van der Waals surface area contributed by atoms with Crippen LogP contribution in [0.1, 0.15) is 48.9 Å². The lowest BCUT2D eigenvalue weighted by Crippen LogP contribution is -2.43. The number of nitrogens with one attached hydrogen (secondary N) is 2. The highest BCUT2D eigenvalue weighted by molar-refractivity contribution is 14.0. The molecule has 0 spiro atoms. The Hall–Kier alpha value is -1.88. The second kappa shape index (κ2) is 10.6. The van der Waals surface area contributed by atoms with E-state index in [9.17, 15) is 0 Å². The van der Waals surface area contributed by atoms with E-state index in [1.807, 2.05) is 30.7 Å². The third kappa shape index (κ3) is 5.88. The zero-order chi connectivity index (χ0) is 21.0. The number of guanidine groups is 1. The summed E-state index contributed by atoms with van der Waals surface area (Å²) >= 11 is 0. The Labute approximate surface area is 201 Å². The molecule has 2 heterocycles. The molecule has 0 saturated heterocycles. The Kier molecular flexibility index (Phi) is 8.15. The number of methoxy groups -OCH3 is 1. The average molecular weight is 540 g/mol. The summed E-state index contributed by atoms with van der Waals surface area (Å²) in [6.07, 6.45) is 4.44. The minimum Gasteiger partial charge on any atom is -0.493 e. The fourth-order valence-electron chi connectivity index (χ4n) is 3.83. The van der Waals surface area contributed by atoms with Gasteiger partial charge in [0.15, 0.2) is 11.8 Å². The standard InChI is InChI=1S/C22H32N6O2.HI/c1-16-26-27-20(28(16)2)14-23-21(24-15-22(9-10-22)11-13-29-3)25-18-8-12-30-19-7-5-4-6-17(18)19;/h4-7,18H,8-15H2,1-3H3,(H2,23,24,25);1H. The molecule has 1 unspecified atom stereocenters. The van der Waals surface area contributed by atoms with Gasteiger partial charge in [0, 0.05) is 39.3 Å². The molecule has 31 heavy (non-hydrogen) atoms. The van der Waals surface area contributed by atoms with Crippen molar-refractivity contribution in [3.8, 4) is 5.75 Å². The van der Waals surface area contributed by atoms with Crippen molar-refractivity contribution in [3.05, 3.63) is 41.5 Å². The van der Waals surface area contributed by atoms with Crippen LogP contribution in [0.5, 0.6) is 5.75 Å². The molecule has 2 aliphatic rings. The van der Waals surface area contributed by atoms with Crippen molar-refractivity contribution in [2.45, 2.75) is 45.2 Å². The lowest BCUT2D eigenvalue weighted by atomic mass is 10.0. The number of hydrogen-bond acceptors (Lipinski definition) is 5. The number of benzene rings is 1. The molecular formula is C22H33IN6O2. The van der Waals surface area contributed by atoms with Gasteiger partial charge in [0.05, 0.1) is 12.6 Å². The summed E-state index contributed by atoms with van der Waals surface area (Å²) < 4.78 is 13.1. The van der Waals surface area contributed by atoms with Gasteiger partial charge in [0.2, 0.25) is 0 Å². The third-order valence-electron chi connectivity index (χ3n) is 6.26. The summed E-state index contributed by atoms with van der Waals surface area (Å²) in [7, 11) is 3.74. The van der Waals surface area contributed by atoms with Gasteiger partial charge in [-0.1, -0.05) is 18.2 Å². The van der Waals surface area contributed by atoms with Crippen molar-refractivity contribution in [1.82, 2.24) is 25.4 Å². The van der Waals surface area contributed by atoms with E-state index in [2.05, 4.69) is 33.0 Å². The smallest absolute Gasteiger partial charge is 0.192 e. The monoisotopic (exact) mass is 540 g/mol. The first kappa shape index (κ1) is 23.8. The first-order valence-electron chi connectivity index (χ1n) is 10.7. The Bertz CT molecular complexity index is 896. The van der Waals surface area contributed by atoms with E-state index in [1.54, 1.807) is 7.11 Å². The van der Waals surface area contributed by atoms with Gasteiger partial charge >= 0.3 is 0 Å². The quantitative estimate of drug-likeness (QED) is 0.304. The van der Waals surface area contributed by atoms with Gasteiger partial charge in [-0.25, -0.2) is 4.99 Å². The highest BCUT2D eigenvalue weighted by Gasteiger charge is 2.42. The lowest BCUT2D eigenvalue weighted by molar-refractivity contribution is 0.172. The van der Waals surface area contributed by atoms with Crippen molar-refractivity contribution in [1.29, 1.82) is 0 Å². The Balaban J connectivity index is 0.00000272. The molecule has 170 valence electrons. The predicted molar refractivity (Wildman–Crippen MR) is 131 cm³/mol. The van der Waals surface area contributed by atoms with Crippen LogP contribution in [0.3, 0.4) is 0 Å². The second-order valence-corrected chi connectivity index (χ2v) is 8.36. The van der Waals surface area contributed by atoms with E-state index in [-0.39, 0.29) is 30.0 Å². The summed E-state index contributed by atoms with van der Waals surface area (Å²) in [6, 6.07) is 8.38. The molecule has 0 amide bonds. The highest BCUT2D eigenvalue weighted by atomic mass is 127. The molecule has 0 bridgehead atoms. The van der Waals surface area contributed by atoms with Crippen LogP contribution in [0.15, 0.2) is 29.3 Å². The molecule has 1 aromatic carbocycles. The van der Waals surface area contributed by atoms with E-state index >= 15 is 0 Å². The number of ether oxygens (including phenoxy) is 2. The van der Waals surface area contributed by atoms with E-state index in [0.717, 1.165) is 49.4 Å². The minimum atomic E-state index is 0. The number of fused-ring (bicyclic) bond motifs is 1. The van der Waals surface area contributed by atoms with Crippen molar-refractivity contribution < 1.29 is 9.47 Å². The summed E-state index contributed by atoms with van der Waals surface area (Å²) in [5.74, 6) is 3.49. The number of aliphatic imine (C=N–C) groups is 1. The predicted octanol–water partition coefficient (Wildman–Crippen LogP) is 3.12. The lowest BCUT2D eigenvalue weighted by Gasteiger charge is -2.28. The first-order chi connectivity index (χ1) is 14.6. The van der Waals surface area contributed by atoms with Crippen LogP contribution >= 0.6 is 24.0 Å². The van der Waals surface area contributed by atoms with Gasteiger partial charge in [-0.2, -0.15) is 0 Å². The summed E-state index contributed by atoms with van der Waals surface area (Å²) in [5, 5.41) is 15.6. The number of nitrogens with zero attached hydrogens (tertiary/aromatic N) is 4. The molecule has 1 saturated carbocycles. The normalized spacial score (nSPS) is 19.1. The Morgan fingerprint density at radius 2 is 2.13 bits per heavy atom. The number of rotatable bonds is 8. The molecule has 9 heteroatoms. The van der Waals surface area contributed by atoms with Gasteiger partial charge in [-0.15, -0.1) is 34.2 Å². The molecule has 1 aliphatic heterocycles. The molecule has 1 aromatic heterocycles. The largest absolute Gasteiger partial charge is 0.493 e. The van der Waals surface area contributed by atoms with Gasteiger partial charge in [-0.3, -0.25) is 0 Å². The number of aromatic nitrogens is 3. The highest BCUT2D eigenvalue weighted by Crippen LogP contribution is 2.48. The van der Waals surface area contributed by atoms with Crippen molar-refractivity contribution in [2.75, 3.05) is 26.9 Å². The topological polar surface area (TPSA) is 85.6 Å². The van der Waals surface area contributed by atoms with Crippen LogP contribution in [0.25, 0.3) is 0 Å². The molecule has 2 N–H and O–H groups in total. The van der Waals surface area contributed by atoms with E-state index < -0.39 is 0 Å². The maximum absolute atomic E-state index is 5.82. The van der Waals surface area contributed by atoms with Crippen LogP contribution < -0.4 is 15.4 Å². The maximum Gasteiger partial charge on any atom is 0.192 e. The van der Waals surface area contributed by atoms with Crippen LogP contribution in [0, 0.1) is 12.3 Å². The summed E-state index contributed by atoms with van der Waals surface area (Å²) in [4.78, 5) is 4.85. The molecule has 1 aliphatic carbocycles. The molecule has 1 atom stereocenters. The van der Waals surface area contributed by atoms with Gasteiger partial charge in [-0.05, 0) is 37.7 Å². The van der Waals surface area contributed by atoms with Crippen LogP contribution in [0.4, 0.5) is 0 Å². The molecule has 2 aromatic rings. The molecule has 0 radical (unpaired) electrons. The van der Waals surface area contributed by atoms with Crippen molar-refractivity contribution in [2.24, 2.45) is 17.5 Å². The zero-order valence-electron chi connectivity index (χ0n) is 18.6. The summed E-state index contributed by atoms with van der Waals surface area (Å²) in [6.45, 7) is 4.81. The number of para-hydroxylation sites is 1. The Morgan fingerprint density at radius 3 is 2.84 bits per heavy atom. The van der Waals surface area contributed by atoms with Gasteiger partial charge in [0.25, 0.3) is 0 Å². The minimum absolute atomic E-state index is 0. The zero-order valence-corrected chi connectivity index (χ0v) is 20.9. The summed E-state index contributed by atoms with van der Waals surface area (Å²) in [5.41, 5.74) is 1.50. The Morgan fingerprint density at radius 1 is 1.32 bits per heavy atom. The van der Waals surface area contributed by atoms with Crippen molar-refractivity contribution in [3.63, 3.8) is 0 Å². The van der Waals surface area contributed by atoms with E-state index in [1.165, 1.54) is 18.4 Å². The molecule has 1 fully saturated rings. The van der Waals surface area contributed by atoms with Crippen LogP contribution in [-0.4, -0.2) is 47.6 Å². The van der Waals surface area contributed by atoms with Gasteiger partial charge in [0.1, 0.15) is 18.1 Å². The van der Waals surface area contributed by atoms with Gasteiger partial charge < -0.3 is 24.7 Å². The first-order valence-corrected chi connectivity index (χ1v) is 10.7. The number of hydrogen-bond donors (Lipinski definition) is 2. The fourth-order valence-corrected chi connectivity index (χ4v) is 3.83. The molecule has 8 nitrogen and oxygen atoms in total. The second-order valence-electron chi connectivity index (χ2n) is 8.36. The fraction of sp³-hybridized carbons (Fsp3) is 0.591. The average Bonchev–Trinajstić information content (AvgIpc) is 3.48.